The molecule has 1 amide bonds. The normalized spacial score (nSPS) is 13.6. The van der Waals surface area contributed by atoms with Gasteiger partial charge in [0.2, 0.25) is 10.0 Å². The Morgan fingerprint density at radius 2 is 1.82 bits per heavy atom. The van der Waals surface area contributed by atoms with Gasteiger partial charge in [-0.1, -0.05) is 12.1 Å². The van der Waals surface area contributed by atoms with Crippen LogP contribution in [0.15, 0.2) is 76.2 Å². The Bertz CT molecular complexity index is 1080. The molecule has 3 aromatic rings. The van der Waals surface area contributed by atoms with Crippen molar-refractivity contribution in [3.8, 4) is 5.75 Å². The van der Waals surface area contributed by atoms with Crippen LogP contribution < -0.4 is 14.4 Å². The van der Waals surface area contributed by atoms with Gasteiger partial charge in [-0.25, -0.2) is 13.1 Å². The van der Waals surface area contributed by atoms with E-state index in [4.69, 9.17) is 9.15 Å². The van der Waals surface area contributed by atoms with Crippen LogP contribution >= 0.6 is 0 Å². The maximum Gasteiger partial charge on any atom is 0.258 e. The molecule has 0 bridgehead atoms. The summed E-state index contributed by atoms with van der Waals surface area (Å²) >= 11 is 0. The van der Waals surface area contributed by atoms with Crippen molar-refractivity contribution >= 4 is 21.6 Å². The van der Waals surface area contributed by atoms with Crippen molar-refractivity contribution in [2.24, 2.45) is 0 Å². The molecule has 2 aromatic carbocycles. The highest BCUT2D eigenvalue weighted by molar-refractivity contribution is 7.89. The van der Waals surface area contributed by atoms with E-state index in [2.05, 4.69) is 4.72 Å². The van der Waals surface area contributed by atoms with E-state index in [1.807, 2.05) is 24.3 Å². The molecule has 1 aromatic heterocycles. The lowest BCUT2D eigenvalue weighted by atomic mass is 10.1. The second kappa shape index (κ2) is 7.49. The molecular formula is C20H18N2O5S. The van der Waals surface area contributed by atoms with E-state index in [0.29, 0.717) is 35.9 Å². The number of nitrogens with one attached hydrogen (secondary N) is 1. The zero-order valence-corrected chi connectivity index (χ0v) is 15.7. The first-order valence-corrected chi connectivity index (χ1v) is 10.2. The van der Waals surface area contributed by atoms with Crippen LogP contribution in [-0.2, 0) is 16.6 Å². The highest BCUT2D eigenvalue weighted by Crippen LogP contribution is 2.32. The second-order valence-corrected chi connectivity index (χ2v) is 7.97. The number of nitrogens with zero attached hydrogens (tertiary/aromatic N) is 1. The number of para-hydroxylation sites is 2. The Morgan fingerprint density at radius 1 is 1.04 bits per heavy atom. The van der Waals surface area contributed by atoms with Gasteiger partial charge in [0.25, 0.3) is 5.91 Å². The Balaban J connectivity index is 1.51. The van der Waals surface area contributed by atoms with Crippen LogP contribution in [-0.4, -0.2) is 27.5 Å². The number of fused-ring (bicyclic) bond motifs is 1. The predicted molar refractivity (Wildman–Crippen MR) is 103 cm³/mol. The number of furan rings is 1. The average molecular weight is 398 g/mol. The second-order valence-electron chi connectivity index (χ2n) is 6.20. The van der Waals surface area contributed by atoms with E-state index in [-0.39, 0.29) is 17.3 Å². The highest BCUT2D eigenvalue weighted by atomic mass is 32.2. The van der Waals surface area contributed by atoms with Crippen molar-refractivity contribution in [3.63, 3.8) is 0 Å². The maximum atomic E-state index is 12.9. The number of hydrogen-bond acceptors (Lipinski definition) is 5. The lowest BCUT2D eigenvalue weighted by Gasteiger charge is -2.29. The SMILES string of the molecule is O=C(c1ccc(S(=O)(=O)NCc2ccco2)cc1)N1CCOc2ccccc21. The fraction of sp³-hybridized carbons (Fsp3) is 0.150. The summed E-state index contributed by atoms with van der Waals surface area (Å²) in [6.45, 7) is 0.896. The van der Waals surface area contributed by atoms with Gasteiger partial charge >= 0.3 is 0 Å². The molecule has 0 radical (unpaired) electrons. The topological polar surface area (TPSA) is 88.8 Å². The third kappa shape index (κ3) is 3.64. The number of benzene rings is 2. The number of carbonyl (C=O) groups excluding carboxylic acids is 1. The Kier molecular flexibility index (Phi) is 4.89. The van der Waals surface area contributed by atoms with Crippen LogP contribution in [0.3, 0.4) is 0 Å². The van der Waals surface area contributed by atoms with Crippen LogP contribution in [0.5, 0.6) is 5.75 Å². The summed E-state index contributed by atoms with van der Waals surface area (Å²) in [6.07, 6.45) is 1.48. The first-order chi connectivity index (χ1) is 13.5. The van der Waals surface area contributed by atoms with Crippen LogP contribution in [0, 0.1) is 0 Å². The monoisotopic (exact) mass is 398 g/mol. The molecule has 0 saturated heterocycles. The van der Waals surface area contributed by atoms with Gasteiger partial charge in [-0.15, -0.1) is 0 Å². The molecule has 0 saturated carbocycles. The third-order valence-electron chi connectivity index (χ3n) is 4.40. The lowest BCUT2D eigenvalue weighted by molar-refractivity contribution is 0.0976. The third-order valence-corrected chi connectivity index (χ3v) is 5.82. The molecule has 0 spiro atoms. The fourth-order valence-electron chi connectivity index (χ4n) is 2.98. The quantitative estimate of drug-likeness (QED) is 0.714. The first kappa shape index (κ1) is 18.3. The molecule has 8 heteroatoms. The van der Waals surface area contributed by atoms with Crippen molar-refractivity contribution in [2.45, 2.75) is 11.4 Å². The van der Waals surface area contributed by atoms with E-state index in [9.17, 15) is 13.2 Å². The standard InChI is InChI=1S/C20H18N2O5S/c23-20(22-11-13-27-19-6-2-1-5-18(19)22)15-7-9-17(10-8-15)28(24,25)21-14-16-4-3-12-26-16/h1-10,12,21H,11,13-14H2. The molecule has 1 aliphatic heterocycles. The zero-order chi connectivity index (χ0) is 19.6. The minimum Gasteiger partial charge on any atom is -0.490 e. The number of hydrogen-bond donors (Lipinski definition) is 1. The van der Waals surface area contributed by atoms with Crippen molar-refractivity contribution in [2.75, 3.05) is 18.1 Å². The molecule has 28 heavy (non-hydrogen) atoms. The maximum absolute atomic E-state index is 12.9. The average Bonchev–Trinajstić information content (AvgIpc) is 3.25. The van der Waals surface area contributed by atoms with E-state index in [1.165, 1.54) is 30.5 Å². The smallest absolute Gasteiger partial charge is 0.258 e. The van der Waals surface area contributed by atoms with Crippen LogP contribution in [0.1, 0.15) is 16.1 Å². The Morgan fingerprint density at radius 3 is 2.57 bits per heavy atom. The predicted octanol–water partition coefficient (Wildman–Crippen LogP) is 2.80. The fourth-order valence-corrected chi connectivity index (χ4v) is 3.97. The number of sulfonamides is 1. The number of anilines is 1. The molecule has 7 nitrogen and oxygen atoms in total. The van der Waals surface area contributed by atoms with Crippen molar-refractivity contribution in [1.82, 2.24) is 4.72 Å². The molecule has 1 aliphatic rings. The summed E-state index contributed by atoms with van der Waals surface area (Å²) < 4.78 is 38.0. The van der Waals surface area contributed by atoms with Gasteiger partial charge in [-0.05, 0) is 48.5 Å². The van der Waals surface area contributed by atoms with Crippen molar-refractivity contribution in [1.29, 1.82) is 0 Å². The largest absolute Gasteiger partial charge is 0.490 e. The molecule has 2 heterocycles. The number of ether oxygens (including phenoxy) is 1. The summed E-state index contributed by atoms with van der Waals surface area (Å²) in [5.41, 5.74) is 1.11. The molecule has 0 aliphatic carbocycles. The molecule has 144 valence electrons. The summed E-state index contributed by atoms with van der Waals surface area (Å²) in [5.74, 6) is 0.966. The number of amides is 1. The molecular weight excluding hydrogens is 380 g/mol. The van der Waals surface area contributed by atoms with Crippen molar-refractivity contribution in [3.05, 3.63) is 78.3 Å². The molecule has 0 fully saturated rings. The van der Waals surface area contributed by atoms with Crippen LogP contribution in [0.4, 0.5) is 5.69 Å². The van der Waals surface area contributed by atoms with Gasteiger partial charge in [0.15, 0.2) is 0 Å². The highest BCUT2D eigenvalue weighted by Gasteiger charge is 2.25. The molecule has 4 rings (SSSR count). The lowest BCUT2D eigenvalue weighted by Crippen LogP contribution is -2.37. The van der Waals surface area contributed by atoms with Gasteiger partial charge in [0.05, 0.1) is 29.9 Å². The van der Waals surface area contributed by atoms with Gasteiger partial charge in [0, 0.05) is 5.56 Å². The van der Waals surface area contributed by atoms with Crippen molar-refractivity contribution < 1.29 is 22.4 Å². The number of carbonyl (C=O) groups is 1. The minimum atomic E-state index is -3.71. The molecule has 0 unspecified atom stereocenters. The summed E-state index contributed by atoms with van der Waals surface area (Å²) in [6, 6.07) is 16.6. The zero-order valence-electron chi connectivity index (χ0n) is 14.9. The van der Waals surface area contributed by atoms with Gasteiger partial charge < -0.3 is 14.1 Å². The first-order valence-electron chi connectivity index (χ1n) is 8.70. The van der Waals surface area contributed by atoms with Crippen LogP contribution in [0.25, 0.3) is 0 Å². The Hall–Kier alpha value is -3.10. The van der Waals surface area contributed by atoms with E-state index in [0.717, 1.165) is 0 Å². The van der Waals surface area contributed by atoms with E-state index >= 15 is 0 Å². The minimum absolute atomic E-state index is 0.0561. The summed E-state index contributed by atoms with van der Waals surface area (Å²) in [4.78, 5) is 14.6. The van der Waals surface area contributed by atoms with E-state index < -0.39 is 10.0 Å². The van der Waals surface area contributed by atoms with E-state index in [1.54, 1.807) is 17.0 Å². The number of rotatable bonds is 5. The molecule has 0 atom stereocenters. The van der Waals surface area contributed by atoms with Gasteiger partial charge in [0.1, 0.15) is 18.1 Å². The Labute approximate surface area is 162 Å². The summed E-state index contributed by atoms with van der Waals surface area (Å²) in [5, 5.41) is 0. The molecule has 1 N–H and O–H groups in total. The van der Waals surface area contributed by atoms with Crippen LogP contribution in [0.2, 0.25) is 0 Å². The van der Waals surface area contributed by atoms with Gasteiger partial charge in [-0.3, -0.25) is 4.79 Å². The van der Waals surface area contributed by atoms with Gasteiger partial charge in [-0.2, -0.15) is 0 Å². The summed E-state index contributed by atoms with van der Waals surface area (Å²) in [7, 11) is -3.71.